The van der Waals surface area contributed by atoms with Gasteiger partial charge in [-0.15, -0.1) is 13.2 Å². The number of hydrogen-bond acceptors (Lipinski definition) is 5. The number of nitrogens with zero attached hydrogens (tertiary/aromatic N) is 1. The summed E-state index contributed by atoms with van der Waals surface area (Å²) in [4.78, 5) is 11.2. The van der Waals surface area contributed by atoms with Crippen LogP contribution in [0.1, 0.15) is 62.2 Å². The van der Waals surface area contributed by atoms with Crippen molar-refractivity contribution >= 4 is 5.97 Å². The van der Waals surface area contributed by atoms with Gasteiger partial charge >= 0.3 is 12.3 Å². The Morgan fingerprint density at radius 3 is 2.59 bits per heavy atom. The second-order valence-electron chi connectivity index (χ2n) is 7.18. The Hall–Kier alpha value is -2.51. The first-order valence-corrected chi connectivity index (χ1v) is 9.79. The van der Waals surface area contributed by atoms with Crippen LogP contribution in [0.5, 0.6) is 5.75 Å². The van der Waals surface area contributed by atoms with E-state index < -0.39 is 6.36 Å². The van der Waals surface area contributed by atoms with Crippen molar-refractivity contribution in [3.63, 3.8) is 0 Å². The molecule has 0 bridgehead atoms. The lowest BCUT2D eigenvalue weighted by atomic mass is 9.98. The number of unbranched alkanes of at least 4 members (excludes halogenated alkanes) is 3. The molecule has 0 radical (unpaired) electrons. The Morgan fingerprint density at radius 2 is 1.90 bits per heavy atom. The van der Waals surface area contributed by atoms with E-state index in [4.69, 9.17) is 4.52 Å². The summed E-state index contributed by atoms with van der Waals surface area (Å²) in [5.74, 6) is 0.566. The van der Waals surface area contributed by atoms with E-state index in [0.717, 1.165) is 49.8 Å². The summed E-state index contributed by atoms with van der Waals surface area (Å²) in [7, 11) is 1.37. The summed E-state index contributed by atoms with van der Waals surface area (Å²) < 4.78 is 52.7. The molecule has 0 N–H and O–H groups in total. The molecule has 1 aromatic heterocycles. The third-order valence-electron chi connectivity index (χ3n) is 4.92. The fraction of sp³-hybridized carbons (Fsp3) is 0.524. The fourth-order valence-corrected chi connectivity index (χ4v) is 3.34. The highest BCUT2D eigenvalue weighted by Gasteiger charge is 2.35. The van der Waals surface area contributed by atoms with Crippen LogP contribution in [0.3, 0.4) is 0 Å². The molecule has 5 nitrogen and oxygen atoms in total. The Bertz CT molecular complexity index is 828. The van der Waals surface area contributed by atoms with Crippen LogP contribution in [0.25, 0.3) is 11.3 Å². The van der Waals surface area contributed by atoms with Gasteiger partial charge in [0.15, 0.2) is 0 Å². The molecule has 1 saturated carbocycles. The van der Waals surface area contributed by atoms with Crippen LogP contribution in [0.4, 0.5) is 13.2 Å². The zero-order valence-electron chi connectivity index (χ0n) is 16.3. The molecular formula is C21H24F3NO4. The van der Waals surface area contributed by atoms with Crippen molar-refractivity contribution in [3.05, 3.63) is 35.6 Å². The van der Waals surface area contributed by atoms with Crippen molar-refractivity contribution in [1.82, 2.24) is 5.16 Å². The smallest absolute Gasteiger partial charge is 0.469 e. The average molecular weight is 411 g/mol. The molecule has 0 saturated heterocycles. The summed E-state index contributed by atoms with van der Waals surface area (Å²) in [5, 5.41) is 4.10. The van der Waals surface area contributed by atoms with E-state index >= 15 is 0 Å². The molecule has 0 aliphatic heterocycles. The highest BCUT2D eigenvalue weighted by molar-refractivity contribution is 5.70. The largest absolute Gasteiger partial charge is 0.573 e. The van der Waals surface area contributed by atoms with Crippen molar-refractivity contribution in [2.75, 3.05) is 7.11 Å². The van der Waals surface area contributed by atoms with Gasteiger partial charge in [0.2, 0.25) is 0 Å². The number of rotatable bonds is 10. The first kappa shape index (κ1) is 21.2. The molecule has 2 aromatic rings. The van der Waals surface area contributed by atoms with Crippen LogP contribution < -0.4 is 4.74 Å². The first-order valence-electron chi connectivity index (χ1n) is 9.79. The average Bonchev–Trinajstić information content (AvgIpc) is 3.44. The van der Waals surface area contributed by atoms with Gasteiger partial charge in [0, 0.05) is 23.5 Å². The number of para-hydroxylation sites is 1. The van der Waals surface area contributed by atoms with E-state index in [2.05, 4.69) is 14.6 Å². The third-order valence-corrected chi connectivity index (χ3v) is 4.92. The lowest BCUT2D eigenvalue weighted by molar-refractivity contribution is -0.274. The molecule has 1 aliphatic rings. The fourth-order valence-electron chi connectivity index (χ4n) is 3.34. The number of hydrogen-bond donors (Lipinski definition) is 0. The molecule has 0 spiro atoms. The van der Waals surface area contributed by atoms with E-state index in [-0.39, 0.29) is 17.3 Å². The van der Waals surface area contributed by atoms with E-state index in [1.54, 1.807) is 12.1 Å². The van der Waals surface area contributed by atoms with Gasteiger partial charge in [0.05, 0.1) is 7.11 Å². The van der Waals surface area contributed by atoms with Crippen LogP contribution in [-0.2, 0) is 16.0 Å². The molecular weight excluding hydrogens is 387 g/mol. The topological polar surface area (TPSA) is 61.6 Å². The van der Waals surface area contributed by atoms with Crippen molar-refractivity contribution in [1.29, 1.82) is 0 Å². The van der Waals surface area contributed by atoms with Gasteiger partial charge in [0.1, 0.15) is 17.2 Å². The summed E-state index contributed by atoms with van der Waals surface area (Å²) in [6, 6.07) is 5.99. The summed E-state index contributed by atoms with van der Waals surface area (Å²) in [6.45, 7) is 0. The molecule has 1 fully saturated rings. The number of benzene rings is 1. The number of halogens is 3. The van der Waals surface area contributed by atoms with E-state index in [1.807, 2.05) is 0 Å². The Kier molecular flexibility index (Phi) is 6.82. The van der Waals surface area contributed by atoms with Gasteiger partial charge < -0.3 is 14.0 Å². The van der Waals surface area contributed by atoms with Crippen LogP contribution in [-0.4, -0.2) is 24.6 Å². The lowest BCUT2D eigenvalue weighted by Crippen LogP contribution is -2.17. The molecule has 29 heavy (non-hydrogen) atoms. The van der Waals surface area contributed by atoms with Gasteiger partial charge in [-0.25, -0.2) is 0 Å². The van der Waals surface area contributed by atoms with Crippen LogP contribution in [0.15, 0.2) is 28.8 Å². The maximum atomic E-state index is 12.8. The first-order chi connectivity index (χ1) is 13.9. The second kappa shape index (κ2) is 9.33. The van der Waals surface area contributed by atoms with E-state index in [1.165, 1.54) is 19.2 Å². The number of alkyl halides is 3. The lowest BCUT2D eigenvalue weighted by Gasteiger charge is -2.12. The minimum absolute atomic E-state index is 0.219. The predicted octanol–water partition coefficient (Wildman–Crippen LogP) is 5.78. The maximum Gasteiger partial charge on any atom is 0.573 e. The van der Waals surface area contributed by atoms with Gasteiger partial charge in [-0.2, -0.15) is 0 Å². The Balaban J connectivity index is 1.72. The maximum absolute atomic E-state index is 12.8. The molecule has 0 amide bonds. The van der Waals surface area contributed by atoms with E-state index in [0.29, 0.717) is 24.5 Å². The molecule has 1 aliphatic carbocycles. The van der Waals surface area contributed by atoms with Gasteiger partial charge in [-0.05, 0) is 44.2 Å². The van der Waals surface area contributed by atoms with Gasteiger partial charge in [0.25, 0.3) is 0 Å². The summed E-state index contributed by atoms with van der Waals surface area (Å²) in [6.07, 6.45) is 1.63. The SMILES string of the molecule is COC(=O)CCCCCCc1c(-c2ccccc2OC(F)(F)F)noc1C1CC1. The standard InChI is InChI=1S/C21H24F3NO4/c1-27-18(26)11-5-3-2-4-9-16-19(25-29-20(16)14-12-13-14)15-8-6-7-10-17(15)28-21(22,23)24/h6-8,10,14H,2-5,9,11-13H2,1H3. The van der Waals surface area contributed by atoms with Gasteiger partial charge in [-0.1, -0.05) is 30.1 Å². The van der Waals surface area contributed by atoms with Crippen molar-refractivity contribution in [3.8, 4) is 17.0 Å². The van der Waals surface area contributed by atoms with E-state index in [9.17, 15) is 18.0 Å². The highest BCUT2D eigenvalue weighted by Crippen LogP contribution is 2.45. The molecule has 0 unspecified atom stereocenters. The molecule has 3 rings (SSSR count). The van der Waals surface area contributed by atoms with Crippen molar-refractivity contribution in [2.24, 2.45) is 0 Å². The second-order valence-corrected chi connectivity index (χ2v) is 7.18. The molecule has 8 heteroatoms. The van der Waals surface area contributed by atoms with Crippen LogP contribution in [0, 0.1) is 0 Å². The molecule has 158 valence electrons. The van der Waals surface area contributed by atoms with Gasteiger partial charge in [-0.3, -0.25) is 4.79 Å². The highest BCUT2D eigenvalue weighted by atomic mass is 19.4. The number of esters is 1. The quantitative estimate of drug-likeness (QED) is 0.366. The minimum atomic E-state index is -4.78. The molecule has 1 aromatic carbocycles. The Morgan fingerprint density at radius 1 is 1.17 bits per heavy atom. The zero-order valence-corrected chi connectivity index (χ0v) is 16.3. The summed E-state index contributed by atoms with van der Waals surface area (Å²) >= 11 is 0. The van der Waals surface area contributed by atoms with Crippen LogP contribution >= 0.6 is 0 Å². The molecule has 1 heterocycles. The number of ether oxygens (including phenoxy) is 2. The van der Waals surface area contributed by atoms with Crippen molar-refractivity contribution < 1.29 is 32.0 Å². The normalized spacial score (nSPS) is 14.1. The Labute approximate surface area is 167 Å². The van der Waals surface area contributed by atoms with Crippen molar-refractivity contribution in [2.45, 2.75) is 63.6 Å². The third kappa shape index (κ3) is 5.98. The number of methoxy groups -OCH3 is 1. The molecule has 0 atom stereocenters. The number of carbonyl (C=O) groups excluding carboxylic acids is 1. The zero-order chi connectivity index (χ0) is 20.9. The number of carbonyl (C=O) groups is 1. The monoisotopic (exact) mass is 411 g/mol. The van der Waals surface area contributed by atoms with Crippen LogP contribution in [0.2, 0.25) is 0 Å². The number of aromatic nitrogens is 1. The minimum Gasteiger partial charge on any atom is -0.469 e. The summed E-state index contributed by atoms with van der Waals surface area (Å²) in [5.41, 5.74) is 1.56. The predicted molar refractivity (Wildman–Crippen MR) is 99.4 cm³/mol.